The minimum atomic E-state index is -1.09. The van der Waals surface area contributed by atoms with E-state index in [1.165, 1.54) is 6.07 Å². The zero-order chi connectivity index (χ0) is 13.1. The maximum absolute atomic E-state index is 11.8. The molecule has 94 valence electrons. The maximum atomic E-state index is 11.8. The van der Waals surface area contributed by atoms with Crippen molar-refractivity contribution in [3.8, 4) is 0 Å². The van der Waals surface area contributed by atoms with Crippen molar-refractivity contribution in [2.75, 3.05) is 0 Å². The number of amides is 1. The van der Waals surface area contributed by atoms with E-state index in [4.69, 9.17) is 5.11 Å². The molecule has 0 unspecified atom stereocenters. The van der Waals surface area contributed by atoms with Crippen LogP contribution < -0.4 is 5.32 Å². The molecule has 0 aliphatic rings. The van der Waals surface area contributed by atoms with E-state index in [1.807, 2.05) is 6.92 Å². The molecule has 18 heavy (non-hydrogen) atoms. The minimum Gasteiger partial charge on any atom is -0.477 e. The fourth-order valence-electron chi connectivity index (χ4n) is 1.48. The summed E-state index contributed by atoms with van der Waals surface area (Å²) in [6.07, 6.45) is 1.63. The first-order valence-electron chi connectivity index (χ1n) is 5.17. The summed E-state index contributed by atoms with van der Waals surface area (Å²) < 4.78 is 0. The molecule has 7 heteroatoms. The van der Waals surface area contributed by atoms with Crippen molar-refractivity contribution < 1.29 is 14.7 Å². The highest BCUT2D eigenvalue weighted by Crippen LogP contribution is 2.16. The number of carbonyl (C=O) groups excluding carboxylic acids is 1. The van der Waals surface area contributed by atoms with Crippen LogP contribution in [-0.4, -0.2) is 27.2 Å². The summed E-state index contributed by atoms with van der Waals surface area (Å²) in [6.45, 7) is 2.16. The Labute approximate surface area is 107 Å². The van der Waals surface area contributed by atoms with Gasteiger partial charge in [-0.3, -0.25) is 9.89 Å². The van der Waals surface area contributed by atoms with Crippen molar-refractivity contribution in [3.63, 3.8) is 0 Å². The molecule has 0 bridgehead atoms. The number of nitrogens with one attached hydrogen (secondary N) is 2. The highest BCUT2D eigenvalue weighted by molar-refractivity contribution is 7.12. The van der Waals surface area contributed by atoms with Crippen molar-refractivity contribution in [1.82, 2.24) is 15.5 Å². The summed E-state index contributed by atoms with van der Waals surface area (Å²) in [4.78, 5) is 22.8. The Morgan fingerprint density at radius 1 is 1.56 bits per heavy atom. The van der Waals surface area contributed by atoms with E-state index in [9.17, 15) is 9.59 Å². The van der Waals surface area contributed by atoms with Crippen LogP contribution in [0.15, 0.2) is 17.6 Å². The van der Waals surface area contributed by atoms with Gasteiger partial charge in [0.25, 0.3) is 5.91 Å². The lowest BCUT2D eigenvalue weighted by Gasteiger charge is -2.03. The lowest BCUT2D eigenvalue weighted by atomic mass is 10.2. The molecule has 0 saturated carbocycles. The molecule has 0 saturated heterocycles. The van der Waals surface area contributed by atoms with Gasteiger partial charge in [0.05, 0.1) is 11.8 Å². The first-order valence-corrected chi connectivity index (χ1v) is 6.05. The van der Waals surface area contributed by atoms with Crippen molar-refractivity contribution in [2.45, 2.75) is 13.5 Å². The Bertz CT molecular complexity index is 588. The maximum Gasteiger partial charge on any atom is 0.346 e. The van der Waals surface area contributed by atoms with E-state index in [1.54, 1.807) is 11.6 Å². The van der Waals surface area contributed by atoms with Crippen LogP contribution in [0.1, 0.15) is 31.3 Å². The van der Waals surface area contributed by atoms with Gasteiger partial charge in [0.15, 0.2) is 0 Å². The molecule has 0 atom stereocenters. The number of carboxylic acids is 1. The van der Waals surface area contributed by atoms with Crippen LogP contribution in [0.5, 0.6) is 0 Å². The molecule has 2 aromatic rings. The van der Waals surface area contributed by atoms with Crippen LogP contribution in [0.2, 0.25) is 0 Å². The third-order valence-electron chi connectivity index (χ3n) is 2.48. The Kier molecular flexibility index (Phi) is 3.42. The van der Waals surface area contributed by atoms with Crippen LogP contribution in [0.4, 0.5) is 0 Å². The van der Waals surface area contributed by atoms with E-state index < -0.39 is 11.9 Å². The summed E-state index contributed by atoms with van der Waals surface area (Å²) in [5, 5.41) is 19.8. The third-order valence-corrected chi connectivity index (χ3v) is 3.38. The number of aromatic amines is 1. The van der Waals surface area contributed by atoms with Gasteiger partial charge >= 0.3 is 5.97 Å². The standard InChI is InChI=1S/C11H11N3O3S/c1-6-7(5-13-14-6)4-12-10(15)8-2-3-18-9(8)11(16)17/h2-3,5H,4H2,1H3,(H,12,15)(H,13,14)(H,16,17). The average molecular weight is 265 g/mol. The number of nitrogens with zero attached hydrogens (tertiary/aromatic N) is 1. The smallest absolute Gasteiger partial charge is 0.346 e. The number of carboxylic acid groups (broad SMARTS) is 1. The first-order chi connectivity index (χ1) is 8.59. The van der Waals surface area contributed by atoms with Crippen LogP contribution in [0.3, 0.4) is 0 Å². The zero-order valence-electron chi connectivity index (χ0n) is 9.56. The zero-order valence-corrected chi connectivity index (χ0v) is 10.4. The molecule has 6 nitrogen and oxygen atoms in total. The normalized spacial score (nSPS) is 10.3. The number of thiophene rings is 1. The summed E-state index contributed by atoms with van der Waals surface area (Å²) >= 11 is 1.03. The number of hydrogen-bond acceptors (Lipinski definition) is 4. The largest absolute Gasteiger partial charge is 0.477 e. The van der Waals surface area contributed by atoms with Gasteiger partial charge < -0.3 is 10.4 Å². The van der Waals surface area contributed by atoms with Gasteiger partial charge in [0.1, 0.15) is 4.88 Å². The molecule has 0 spiro atoms. The molecule has 2 heterocycles. The van der Waals surface area contributed by atoms with Crippen LogP contribution in [0.25, 0.3) is 0 Å². The van der Waals surface area contributed by atoms with E-state index >= 15 is 0 Å². The van der Waals surface area contributed by atoms with Crippen molar-refractivity contribution in [3.05, 3.63) is 39.3 Å². The van der Waals surface area contributed by atoms with Crippen LogP contribution >= 0.6 is 11.3 Å². The van der Waals surface area contributed by atoms with Gasteiger partial charge in [-0.25, -0.2) is 4.79 Å². The summed E-state index contributed by atoms with van der Waals surface area (Å²) in [6, 6.07) is 1.51. The number of aryl methyl sites for hydroxylation is 1. The van der Waals surface area contributed by atoms with Gasteiger partial charge in [0, 0.05) is 17.8 Å². The molecule has 0 fully saturated rings. The SMILES string of the molecule is Cc1[nH]ncc1CNC(=O)c1ccsc1C(=O)O. The number of aromatic carboxylic acids is 1. The summed E-state index contributed by atoms with van der Waals surface area (Å²) in [5.74, 6) is -1.48. The molecule has 3 N–H and O–H groups in total. The number of H-pyrrole nitrogens is 1. The highest BCUT2D eigenvalue weighted by Gasteiger charge is 2.17. The number of rotatable bonds is 4. The second kappa shape index (κ2) is 5.01. The molecular weight excluding hydrogens is 254 g/mol. The minimum absolute atomic E-state index is 0.0522. The molecular formula is C11H11N3O3S. The predicted octanol–water partition coefficient (Wildman–Crippen LogP) is 1.41. The van der Waals surface area contributed by atoms with E-state index in [-0.39, 0.29) is 10.4 Å². The Morgan fingerprint density at radius 3 is 2.94 bits per heavy atom. The molecule has 1 amide bonds. The van der Waals surface area contributed by atoms with Gasteiger partial charge in [-0.2, -0.15) is 5.10 Å². The summed E-state index contributed by atoms with van der Waals surface area (Å²) in [5.41, 5.74) is 1.93. The lowest BCUT2D eigenvalue weighted by Crippen LogP contribution is -2.24. The predicted molar refractivity (Wildman–Crippen MR) is 65.8 cm³/mol. The molecule has 2 rings (SSSR count). The van der Waals surface area contributed by atoms with Gasteiger partial charge in [0.2, 0.25) is 0 Å². The Morgan fingerprint density at radius 2 is 2.33 bits per heavy atom. The van der Waals surface area contributed by atoms with Gasteiger partial charge in [-0.05, 0) is 18.4 Å². The van der Waals surface area contributed by atoms with Crippen molar-refractivity contribution >= 4 is 23.2 Å². The number of hydrogen-bond donors (Lipinski definition) is 3. The summed E-state index contributed by atoms with van der Waals surface area (Å²) in [7, 11) is 0. The highest BCUT2D eigenvalue weighted by atomic mass is 32.1. The third kappa shape index (κ3) is 2.40. The number of carbonyl (C=O) groups is 2. The Balaban J connectivity index is 2.06. The van der Waals surface area contributed by atoms with Gasteiger partial charge in [-0.1, -0.05) is 0 Å². The molecule has 0 radical (unpaired) electrons. The van der Waals surface area contributed by atoms with Crippen LogP contribution in [-0.2, 0) is 6.54 Å². The average Bonchev–Trinajstić information content (AvgIpc) is 2.94. The molecule has 0 aliphatic heterocycles. The monoisotopic (exact) mass is 265 g/mol. The second-order valence-corrected chi connectivity index (χ2v) is 4.59. The van der Waals surface area contributed by atoms with E-state index in [0.29, 0.717) is 6.54 Å². The molecule has 0 aliphatic carbocycles. The molecule has 2 aromatic heterocycles. The second-order valence-electron chi connectivity index (χ2n) is 3.67. The Hall–Kier alpha value is -2.15. The van der Waals surface area contributed by atoms with Crippen molar-refractivity contribution in [2.24, 2.45) is 0 Å². The quantitative estimate of drug-likeness (QED) is 0.778. The fourth-order valence-corrected chi connectivity index (χ4v) is 2.21. The van der Waals surface area contributed by atoms with Crippen LogP contribution in [0, 0.1) is 6.92 Å². The fraction of sp³-hybridized carbons (Fsp3) is 0.182. The van der Waals surface area contributed by atoms with Gasteiger partial charge in [-0.15, -0.1) is 11.3 Å². The van der Waals surface area contributed by atoms with E-state index in [0.717, 1.165) is 22.6 Å². The molecule has 0 aromatic carbocycles. The lowest BCUT2D eigenvalue weighted by molar-refractivity contribution is 0.0696. The van der Waals surface area contributed by atoms with Crippen molar-refractivity contribution in [1.29, 1.82) is 0 Å². The topological polar surface area (TPSA) is 95.1 Å². The van der Waals surface area contributed by atoms with E-state index in [2.05, 4.69) is 15.5 Å². The number of aromatic nitrogens is 2. The first kappa shape index (κ1) is 12.3.